The molecule has 2 N–H and O–H groups in total. The predicted octanol–water partition coefficient (Wildman–Crippen LogP) is 3.11. The Kier molecular flexibility index (Phi) is 6.13. The highest BCUT2D eigenvalue weighted by Gasteiger charge is 2.60. The van der Waals surface area contributed by atoms with Crippen LogP contribution in [-0.4, -0.2) is 42.5 Å². The minimum absolute atomic E-state index is 0.0535. The molecule has 1 aliphatic rings. The van der Waals surface area contributed by atoms with Gasteiger partial charge in [-0.25, -0.2) is 13.9 Å². The lowest BCUT2D eigenvalue weighted by Crippen LogP contribution is -2.29. The SMILES string of the molecule is Cc1ccc(S(=O)(=O)N2[C@H](COc3ccc(Oc4ccccc4)cc3)[C@@H]2C(=O)NO)cc1. The highest BCUT2D eigenvalue weighted by Crippen LogP contribution is 2.36. The van der Waals surface area contributed by atoms with Crippen molar-refractivity contribution in [2.75, 3.05) is 6.61 Å². The van der Waals surface area contributed by atoms with Crippen molar-refractivity contribution >= 4 is 15.9 Å². The van der Waals surface area contributed by atoms with Gasteiger partial charge < -0.3 is 9.47 Å². The molecular formula is C23H22N2O6S. The number of hydroxylamine groups is 1. The molecule has 0 spiro atoms. The maximum Gasteiger partial charge on any atom is 0.263 e. The van der Waals surface area contributed by atoms with Crippen LogP contribution in [0.3, 0.4) is 0 Å². The molecule has 0 aromatic heterocycles. The van der Waals surface area contributed by atoms with Crippen LogP contribution >= 0.6 is 0 Å². The van der Waals surface area contributed by atoms with Gasteiger partial charge >= 0.3 is 0 Å². The summed E-state index contributed by atoms with van der Waals surface area (Å²) in [6, 6.07) is 20.7. The summed E-state index contributed by atoms with van der Waals surface area (Å²) in [6.07, 6.45) is 0. The van der Waals surface area contributed by atoms with Crippen molar-refractivity contribution in [2.45, 2.75) is 23.9 Å². The fourth-order valence-corrected chi connectivity index (χ4v) is 5.09. The van der Waals surface area contributed by atoms with Crippen molar-refractivity contribution in [3.8, 4) is 17.2 Å². The Balaban J connectivity index is 1.43. The highest BCUT2D eigenvalue weighted by molar-refractivity contribution is 7.89. The first-order chi connectivity index (χ1) is 15.4. The number of rotatable bonds is 8. The number of ether oxygens (including phenoxy) is 2. The Hall–Kier alpha value is -3.40. The van der Waals surface area contributed by atoms with Gasteiger partial charge in [-0.15, -0.1) is 0 Å². The van der Waals surface area contributed by atoms with E-state index in [-0.39, 0.29) is 11.5 Å². The molecule has 9 heteroatoms. The molecule has 1 fully saturated rings. The zero-order valence-corrected chi connectivity index (χ0v) is 18.0. The van der Waals surface area contributed by atoms with Gasteiger partial charge in [0, 0.05) is 0 Å². The zero-order valence-electron chi connectivity index (χ0n) is 17.2. The van der Waals surface area contributed by atoms with Gasteiger partial charge in [0.2, 0.25) is 10.0 Å². The molecule has 3 aromatic rings. The van der Waals surface area contributed by atoms with E-state index in [1.54, 1.807) is 36.4 Å². The monoisotopic (exact) mass is 454 g/mol. The van der Waals surface area contributed by atoms with Crippen LogP contribution in [0.1, 0.15) is 5.56 Å². The van der Waals surface area contributed by atoms with E-state index in [4.69, 9.17) is 14.7 Å². The summed E-state index contributed by atoms with van der Waals surface area (Å²) >= 11 is 0. The summed E-state index contributed by atoms with van der Waals surface area (Å²) in [6.45, 7) is 1.80. The van der Waals surface area contributed by atoms with Gasteiger partial charge in [-0.1, -0.05) is 35.9 Å². The van der Waals surface area contributed by atoms with Crippen LogP contribution in [0.4, 0.5) is 0 Å². The molecule has 8 nitrogen and oxygen atoms in total. The molecule has 32 heavy (non-hydrogen) atoms. The van der Waals surface area contributed by atoms with Crippen molar-refractivity contribution < 1.29 is 27.9 Å². The average Bonchev–Trinajstić information content (AvgIpc) is 3.54. The Labute approximate surface area is 186 Å². The number of aryl methyl sites for hydroxylation is 1. The zero-order chi connectivity index (χ0) is 22.7. The lowest BCUT2D eigenvalue weighted by atomic mass is 10.2. The molecule has 1 saturated heterocycles. The van der Waals surface area contributed by atoms with Crippen molar-refractivity contribution in [2.24, 2.45) is 0 Å². The Morgan fingerprint density at radius 1 is 0.938 bits per heavy atom. The van der Waals surface area contributed by atoms with Gasteiger partial charge in [-0.2, -0.15) is 4.31 Å². The first-order valence-electron chi connectivity index (χ1n) is 9.90. The van der Waals surface area contributed by atoms with Crippen molar-refractivity contribution in [3.63, 3.8) is 0 Å². The van der Waals surface area contributed by atoms with E-state index < -0.39 is 28.0 Å². The second-order valence-electron chi connectivity index (χ2n) is 7.33. The summed E-state index contributed by atoms with van der Waals surface area (Å²) in [5.74, 6) is 1.01. The number of carbonyl (C=O) groups is 1. The van der Waals surface area contributed by atoms with Crippen molar-refractivity contribution in [1.82, 2.24) is 9.79 Å². The molecule has 1 amide bonds. The normalized spacial score (nSPS) is 19.8. The Morgan fingerprint density at radius 2 is 1.53 bits per heavy atom. The number of sulfonamides is 1. The largest absolute Gasteiger partial charge is 0.492 e. The lowest BCUT2D eigenvalue weighted by molar-refractivity contribution is -0.129. The van der Waals surface area contributed by atoms with Crippen LogP contribution in [0.15, 0.2) is 83.8 Å². The molecule has 0 radical (unpaired) electrons. The summed E-state index contributed by atoms with van der Waals surface area (Å²) < 4.78 is 38.4. The van der Waals surface area contributed by atoms with E-state index in [1.165, 1.54) is 17.6 Å². The number of hydrogen-bond donors (Lipinski definition) is 2. The van der Waals surface area contributed by atoms with Crippen LogP contribution in [0.5, 0.6) is 17.2 Å². The molecule has 166 valence electrons. The maximum atomic E-state index is 13.0. The fraction of sp³-hybridized carbons (Fsp3) is 0.174. The van der Waals surface area contributed by atoms with E-state index in [9.17, 15) is 13.2 Å². The van der Waals surface area contributed by atoms with E-state index in [0.29, 0.717) is 17.2 Å². The van der Waals surface area contributed by atoms with E-state index in [1.807, 2.05) is 37.3 Å². The number of benzene rings is 3. The molecule has 0 saturated carbocycles. The number of amides is 1. The van der Waals surface area contributed by atoms with Gasteiger partial charge in [-0.05, 0) is 55.5 Å². The molecule has 1 aliphatic heterocycles. The minimum atomic E-state index is -3.92. The highest BCUT2D eigenvalue weighted by atomic mass is 32.2. The molecule has 3 atom stereocenters. The summed E-state index contributed by atoms with van der Waals surface area (Å²) in [7, 11) is -3.92. The van der Waals surface area contributed by atoms with Crippen LogP contribution in [0, 0.1) is 6.92 Å². The molecule has 0 aliphatic carbocycles. The van der Waals surface area contributed by atoms with Gasteiger partial charge in [0.15, 0.2) is 0 Å². The third-order valence-corrected chi connectivity index (χ3v) is 7.00. The number of nitrogens with zero attached hydrogens (tertiary/aromatic N) is 1. The van der Waals surface area contributed by atoms with Gasteiger partial charge in [0.25, 0.3) is 5.91 Å². The maximum absolute atomic E-state index is 13.0. The third kappa shape index (κ3) is 4.59. The predicted molar refractivity (Wildman–Crippen MR) is 116 cm³/mol. The molecule has 1 unspecified atom stereocenters. The van der Waals surface area contributed by atoms with Gasteiger partial charge in [-0.3, -0.25) is 10.0 Å². The van der Waals surface area contributed by atoms with Crippen LogP contribution in [-0.2, 0) is 14.8 Å². The number of carbonyl (C=O) groups excluding carboxylic acids is 1. The van der Waals surface area contributed by atoms with E-state index in [2.05, 4.69) is 0 Å². The number of hydrogen-bond acceptors (Lipinski definition) is 6. The average molecular weight is 455 g/mol. The topological polar surface area (TPSA) is 105 Å². The second kappa shape index (κ2) is 8.99. The smallest absolute Gasteiger partial charge is 0.263 e. The fourth-order valence-electron chi connectivity index (χ4n) is 3.35. The van der Waals surface area contributed by atoms with E-state index in [0.717, 1.165) is 9.87 Å². The Morgan fingerprint density at radius 3 is 2.16 bits per heavy atom. The molecule has 0 bridgehead atoms. The van der Waals surface area contributed by atoms with Gasteiger partial charge in [0.1, 0.15) is 29.9 Å². The van der Waals surface area contributed by atoms with Gasteiger partial charge in [0.05, 0.1) is 10.9 Å². The number of nitrogens with one attached hydrogen (secondary N) is 1. The van der Waals surface area contributed by atoms with Crippen LogP contribution in [0.25, 0.3) is 0 Å². The summed E-state index contributed by atoms with van der Waals surface area (Å²) in [4.78, 5) is 12.1. The second-order valence-corrected chi connectivity index (χ2v) is 9.18. The molecule has 3 aromatic carbocycles. The summed E-state index contributed by atoms with van der Waals surface area (Å²) in [5, 5.41) is 9.01. The Bertz CT molecular complexity index is 1180. The quantitative estimate of drug-likeness (QED) is 0.308. The molecule has 1 heterocycles. The molecular weight excluding hydrogens is 432 g/mol. The standard InChI is InChI=1S/C23H22N2O6S/c1-16-7-13-20(14-8-16)32(28,29)25-21(22(25)23(26)24-27)15-30-17-9-11-19(12-10-17)31-18-5-3-2-4-6-18/h2-14,21-22,27H,15H2,1H3,(H,24,26)/t21-,22-,25?/m1/s1. The van der Waals surface area contributed by atoms with E-state index >= 15 is 0 Å². The van der Waals surface area contributed by atoms with Crippen molar-refractivity contribution in [1.29, 1.82) is 0 Å². The first kappa shape index (κ1) is 21.8. The van der Waals surface area contributed by atoms with Crippen LogP contribution < -0.4 is 15.0 Å². The first-order valence-corrected chi connectivity index (χ1v) is 11.3. The summed E-state index contributed by atoms with van der Waals surface area (Å²) in [5.41, 5.74) is 2.45. The van der Waals surface area contributed by atoms with Crippen molar-refractivity contribution in [3.05, 3.63) is 84.4 Å². The molecule has 4 rings (SSSR count). The van der Waals surface area contributed by atoms with Crippen LogP contribution in [0.2, 0.25) is 0 Å². The lowest BCUT2D eigenvalue weighted by Gasteiger charge is -2.09. The number of para-hydroxylation sites is 1. The minimum Gasteiger partial charge on any atom is -0.492 e. The third-order valence-electron chi connectivity index (χ3n) is 5.07.